The van der Waals surface area contributed by atoms with Gasteiger partial charge in [-0.2, -0.15) is 13.2 Å². The fourth-order valence-electron chi connectivity index (χ4n) is 5.76. The fourth-order valence-corrected chi connectivity index (χ4v) is 5.76. The highest BCUT2D eigenvalue weighted by Gasteiger charge is 2.37. The van der Waals surface area contributed by atoms with Crippen molar-refractivity contribution in [2.75, 3.05) is 13.7 Å². The Morgan fingerprint density at radius 1 is 1.02 bits per heavy atom. The molecule has 1 aliphatic rings. The van der Waals surface area contributed by atoms with Gasteiger partial charge in [0.25, 0.3) is 5.56 Å². The molecule has 0 saturated carbocycles. The minimum Gasteiger partial charge on any atom is -0.481 e. The van der Waals surface area contributed by atoms with Gasteiger partial charge in [0.15, 0.2) is 0 Å². The molecule has 0 saturated heterocycles. The number of aliphatic carboxylic acids is 1. The van der Waals surface area contributed by atoms with Crippen LogP contribution in [0, 0.1) is 25.5 Å². The maximum atomic E-state index is 15.8. The molecule has 1 amide bonds. The number of benzene rings is 3. The molecule has 13 heteroatoms. The first-order chi connectivity index (χ1) is 22.2. The van der Waals surface area contributed by atoms with Gasteiger partial charge < -0.3 is 19.9 Å². The first-order valence-corrected chi connectivity index (χ1v) is 14.4. The number of rotatable bonds is 6. The van der Waals surface area contributed by atoms with Crippen molar-refractivity contribution in [3.05, 3.63) is 116 Å². The summed E-state index contributed by atoms with van der Waals surface area (Å²) in [5, 5.41) is 12.2. The number of carbonyl (C=O) groups is 2. The Morgan fingerprint density at radius 3 is 2.45 bits per heavy atom. The first kappa shape index (κ1) is 33.3. The van der Waals surface area contributed by atoms with Crippen molar-refractivity contribution in [1.82, 2.24) is 9.88 Å². The zero-order valence-electron chi connectivity index (χ0n) is 25.4. The average Bonchev–Trinajstić information content (AvgIpc) is 2.99. The van der Waals surface area contributed by atoms with E-state index in [0.717, 1.165) is 18.3 Å². The van der Waals surface area contributed by atoms with Crippen LogP contribution in [0.5, 0.6) is 11.5 Å². The number of hydrogen-bond acceptors (Lipinski definition) is 5. The Bertz CT molecular complexity index is 1940. The average molecular weight is 657 g/mol. The topological polar surface area (TPSA) is 107 Å². The molecule has 2 atom stereocenters. The molecule has 0 fully saturated rings. The fraction of sp³-hybridized carbons (Fsp3) is 0.265. The highest BCUT2D eigenvalue weighted by Crippen LogP contribution is 2.40. The monoisotopic (exact) mass is 656 g/mol. The molecule has 1 aliphatic heterocycles. The molecule has 2 heterocycles. The zero-order valence-corrected chi connectivity index (χ0v) is 25.4. The Morgan fingerprint density at radius 2 is 1.77 bits per heavy atom. The summed E-state index contributed by atoms with van der Waals surface area (Å²) in [6.45, 7) is 3.06. The van der Waals surface area contributed by atoms with E-state index in [1.54, 1.807) is 25.1 Å². The summed E-state index contributed by atoms with van der Waals surface area (Å²) in [6, 6.07) is 8.16. The third-order valence-electron chi connectivity index (χ3n) is 7.94. The van der Waals surface area contributed by atoms with E-state index in [1.807, 2.05) is 0 Å². The Hall–Kier alpha value is -5.04. The Balaban J connectivity index is 1.82. The number of carboxylic acid groups (broad SMARTS) is 1. The number of nitrogens with zero attached hydrogens (tertiary/aromatic N) is 1. The van der Waals surface area contributed by atoms with Crippen molar-refractivity contribution in [3.8, 4) is 22.6 Å². The van der Waals surface area contributed by atoms with Gasteiger partial charge in [0, 0.05) is 36.1 Å². The summed E-state index contributed by atoms with van der Waals surface area (Å²) in [5.74, 6) is -4.14. The number of halogens is 5. The number of pyridine rings is 1. The molecule has 3 aromatic carbocycles. The van der Waals surface area contributed by atoms with Crippen molar-refractivity contribution in [3.63, 3.8) is 0 Å². The third kappa shape index (κ3) is 6.75. The lowest BCUT2D eigenvalue weighted by Crippen LogP contribution is -2.41. The van der Waals surface area contributed by atoms with E-state index < -0.39 is 70.4 Å². The molecule has 0 aliphatic carbocycles. The zero-order chi connectivity index (χ0) is 34.2. The van der Waals surface area contributed by atoms with Gasteiger partial charge in [0.05, 0.1) is 24.6 Å². The molecule has 0 unspecified atom stereocenters. The number of carboxylic acids is 1. The molecule has 0 spiro atoms. The van der Waals surface area contributed by atoms with Gasteiger partial charge in [-0.25, -0.2) is 8.78 Å². The molecular formula is C34H29F5N2O6. The number of hydrogen-bond donors (Lipinski definition) is 2. The molecule has 246 valence electrons. The summed E-state index contributed by atoms with van der Waals surface area (Å²) < 4.78 is 85.0. The second kappa shape index (κ2) is 13.0. The molecule has 1 aromatic heterocycles. The quantitative estimate of drug-likeness (QED) is 0.225. The minimum absolute atomic E-state index is 0.0195. The smallest absolute Gasteiger partial charge is 0.416 e. The largest absolute Gasteiger partial charge is 0.481 e. The maximum Gasteiger partial charge on any atom is 0.416 e. The molecule has 8 nitrogen and oxygen atoms in total. The lowest BCUT2D eigenvalue weighted by molar-refractivity contribution is -0.139. The summed E-state index contributed by atoms with van der Waals surface area (Å²) >= 11 is 0. The molecule has 2 N–H and O–H groups in total. The van der Waals surface area contributed by atoms with Crippen molar-refractivity contribution < 1.29 is 46.1 Å². The van der Waals surface area contributed by atoms with Gasteiger partial charge in [-0.15, -0.1) is 0 Å². The lowest BCUT2D eigenvalue weighted by atomic mass is 9.92. The first-order valence-electron chi connectivity index (χ1n) is 14.4. The van der Waals surface area contributed by atoms with Gasteiger partial charge in [-0.05, 0) is 78.9 Å². The van der Waals surface area contributed by atoms with Crippen molar-refractivity contribution in [1.29, 1.82) is 0 Å². The van der Waals surface area contributed by atoms with Gasteiger partial charge in [-0.3, -0.25) is 19.0 Å². The standard InChI is InChI=1S/C34H29F5N2O6/c1-17-5-4-6-27-30(17)20-11-18(2)31(36)23(12-20)26(15-29(43)44)40-33(45)32(22-13-21(47-27)7-8-25(22)35)41-16-19(9-10-46-3)24(14-28(41)42)34(37,38)39/h4-8,11-14,16,26,32H,9-10,15H2,1-3H3,(H,40,45)(H,43,44)/t26-,32+/m0/s1. The Labute approximate surface area is 265 Å². The highest BCUT2D eigenvalue weighted by molar-refractivity contribution is 5.85. The maximum absolute atomic E-state index is 15.8. The van der Waals surface area contributed by atoms with Gasteiger partial charge >= 0.3 is 12.1 Å². The van der Waals surface area contributed by atoms with Crippen LogP contribution in [0.1, 0.15) is 51.9 Å². The number of aromatic nitrogens is 1. The number of ether oxygens (including phenoxy) is 2. The number of alkyl halides is 3. The van der Waals surface area contributed by atoms with Crippen LogP contribution in [0.3, 0.4) is 0 Å². The number of fused-ring (bicyclic) bond motifs is 6. The van der Waals surface area contributed by atoms with Gasteiger partial charge in [0.1, 0.15) is 29.2 Å². The van der Waals surface area contributed by atoms with Crippen LogP contribution in [0.15, 0.2) is 65.6 Å². The molecule has 4 aromatic rings. The summed E-state index contributed by atoms with van der Waals surface area (Å²) in [4.78, 5) is 39.5. The van der Waals surface area contributed by atoms with E-state index in [1.165, 1.54) is 32.2 Å². The van der Waals surface area contributed by atoms with Crippen LogP contribution in [0.4, 0.5) is 22.0 Å². The van der Waals surface area contributed by atoms with Gasteiger partial charge in [0.2, 0.25) is 5.91 Å². The highest BCUT2D eigenvalue weighted by atomic mass is 19.4. The summed E-state index contributed by atoms with van der Waals surface area (Å²) in [6.07, 6.45) is -5.28. The van der Waals surface area contributed by atoms with Crippen LogP contribution < -0.4 is 15.6 Å². The van der Waals surface area contributed by atoms with Crippen LogP contribution in [0.2, 0.25) is 0 Å². The molecule has 4 bridgehead atoms. The normalized spacial score (nSPS) is 16.2. The number of amides is 1. The van der Waals surface area contributed by atoms with Crippen LogP contribution in [0.25, 0.3) is 11.1 Å². The lowest BCUT2D eigenvalue weighted by Gasteiger charge is -2.26. The van der Waals surface area contributed by atoms with Crippen molar-refractivity contribution >= 4 is 11.9 Å². The van der Waals surface area contributed by atoms with E-state index >= 15 is 8.78 Å². The SMILES string of the molecule is COCCc1cn([C@H]2C(=O)N[C@@H](CC(=O)O)c3cc(cc(C)c3F)-c3c(C)cccc3Oc3ccc(F)c2c3)c(=O)cc1C(F)(F)F. The summed E-state index contributed by atoms with van der Waals surface area (Å²) in [5.41, 5.74) is -1.87. The van der Waals surface area contributed by atoms with Crippen molar-refractivity contribution in [2.24, 2.45) is 0 Å². The van der Waals surface area contributed by atoms with Gasteiger partial charge in [-0.1, -0.05) is 12.1 Å². The second-order valence-corrected chi connectivity index (χ2v) is 11.2. The molecule has 47 heavy (non-hydrogen) atoms. The number of carbonyl (C=O) groups excluding carboxylic acids is 1. The molecular weight excluding hydrogens is 627 g/mol. The predicted molar refractivity (Wildman–Crippen MR) is 160 cm³/mol. The minimum atomic E-state index is -4.94. The van der Waals surface area contributed by atoms with E-state index in [2.05, 4.69) is 5.32 Å². The van der Waals surface area contributed by atoms with E-state index in [-0.39, 0.29) is 35.7 Å². The van der Waals surface area contributed by atoms with E-state index in [4.69, 9.17) is 9.47 Å². The summed E-state index contributed by atoms with van der Waals surface area (Å²) in [7, 11) is 1.27. The number of aryl methyl sites for hydroxylation is 2. The third-order valence-corrected chi connectivity index (χ3v) is 7.94. The number of methoxy groups -OCH3 is 1. The van der Waals surface area contributed by atoms with Crippen molar-refractivity contribution in [2.45, 2.75) is 44.9 Å². The predicted octanol–water partition coefficient (Wildman–Crippen LogP) is 6.65. The van der Waals surface area contributed by atoms with Crippen LogP contribution in [-0.2, 0) is 26.9 Å². The molecule has 5 rings (SSSR count). The number of nitrogens with one attached hydrogen (secondary N) is 1. The Kier molecular flexibility index (Phi) is 9.21. The van der Waals surface area contributed by atoms with Crippen LogP contribution in [-0.4, -0.2) is 35.3 Å². The second-order valence-electron chi connectivity index (χ2n) is 11.2. The van der Waals surface area contributed by atoms with Crippen LogP contribution >= 0.6 is 0 Å². The molecule has 0 radical (unpaired) electrons. The van der Waals surface area contributed by atoms with E-state index in [0.29, 0.717) is 27.3 Å². The van der Waals surface area contributed by atoms with E-state index in [9.17, 15) is 32.7 Å².